The molecule has 4 nitrogen and oxygen atoms in total. The van der Waals surface area contributed by atoms with E-state index in [1.807, 2.05) is 0 Å². The van der Waals surface area contributed by atoms with Crippen molar-refractivity contribution in [2.45, 2.75) is 6.42 Å². The Hall–Kier alpha value is -2.83. The number of nitrogens with two attached hydrogens (primary N) is 1. The van der Waals surface area contributed by atoms with Gasteiger partial charge in [-0.3, -0.25) is 4.79 Å². The number of carbonyl (C=O) groups is 1. The average molecular weight is 305 g/mol. The maximum atomic E-state index is 14.0. The largest absolute Gasteiger partial charge is 0.364 e. The summed E-state index contributed by atoms with van der Waals surface area (Å²) in [5.74, 6) is -4.07. The van der Waals surface area contributed by atoms with Gasteiger partial charge in [0.05, 0.1) is 5.69 Å². The van der Waals surface area contributed by atoms with Crippen LogP contribution >= 0.6 is 0 Å². The first-order chi connectivity index (χ1) is 10.5. The standard InChI is InChI=1S/C15H10F3N3O/c16-9-6-10(17)14(11(18)7-9)21-13-4-2-1-3-8(13)5-12(20-21)15(19)22/h1-4,6-7H,5H2,(H2,19,22). The fourth-order valence-electron chi connectivity index (χ4n) is 2.30. The summed E-state index contributed by atoms with van der Waals surface area (Å²) in [6.07, 6.45) is 0.159. The molecule has 0 spiro atoms. The SMILES string of the molecule is NC(=O)C1=NN(c2c(F)cc(F)cc2F)c2ccccc2C1. The molecule has 0 fully saturated rings. The van der Waals surface area contributed by atoms with Crippen molar-refractivity contribution in [3.8, 4) is 0 Å². The van der Waals surface area contributed by atoms with Gasteiger partial charge >= 0.3 is 0 Å². The predicted molar refractivity (Wildman–Crippen MR) is 75.2 cm³/mol. The van der Waals surface area contributed by atoms with E-state index in [0.717, 1.165) is 5.01 Å². The van der Waals surface area contributed by atoms with Crippen molar-refractivity contribution in [3.05, 3.63) is 59.4 Å². The summed E-state index contributed by atoms with van der Waals surface area (Å²) < 4.78 is 41.1. The Morgan fingerprint density at radius 2 is 1.77 bits per heavy atom. The first-order valence-electron chi connectivity index (χ1n) is 6.37. The summed E-state index contributed by atoms with van der Waals surface area (Å²) in [5, 5.41) is 4.85. The van der Waals surface area contributed by atoms with E-state index in [-0.39, 0.29) is 12.1 Å². The maximum absolute atomic E-state index is 14.0. The molecule has 0 saturated heterocycles. The van der Waals surface area contributed by atoms with E-state index in [1.54, 1.807) is 24.3 Å². The molecule has 0 radical (unpaired) electrons. The summed E-state index contributed by atoms with van der Waals surface area (Å²) >= 11 is 0. The number of hydrogen-bond donors (Lipinski definition) is 1. The number of carbonyl (C=O) groups excluding carboxylic acids is 1. The van der Waals surface area contributed by atoms with Gasteiger partial charge in [0.1, 0.15) is 17.2 Å². The smallest absolute Gasteiger partial charge is 0.265 e. The summed E-state index contributed by atoms with van der Waals surface area (Å²) in [4.78, 5) is 11.4. The molecule has 2 aromatic carbocycles. The Labute approximate surface area is 123 Å². The number of hydrogen-bond acceptors (Lipinski definition) is 3. The first-order valence-corrected chi connectivity index (χ1v) is 6.37. The molecule has 0 atom stereocenters. The van der Waals surface area contributed by atoms with Crippen LogP contribution in [-0.4, -0.2) is 11.6 Å². The van der Waals surface area contributed by atoms with Crippen molar-refractivity contribution >= 4 is 23.0 Å². The molecule has 2 aromatic rings. The van der Waals surface area contributed by atoms with Crippen LogP contribution < -0.4 is 10.7 Å². The zero-order valence-corrected chi connectivity index (χ0v) is 11.2. The minimum atomic E-state index is -1.12. The molecular formula is C15H10F3N3O. The molecular weight excluding hydrogens is 295 g/mol. The fraction of sp³-hybridized carbons (Fsp3) is 0.0667. The topological polar surface area (TPSA) is 58.7 Å². The third kappa shape index (κ3) is 2.30. The molecule has 2 N–H and O–H groups in total. The lowest BCUT2D eigenvalue weighted by Gasteiger charge is -2.27. The lowest BCUT2D eigenvalue weighted by atomic mass is 10.0. The molecule has 3 rings (SSSR count). The number of para-hydroxylation sites is 1. The summed E-state index contributed by atoms with van der Waals surface area (Å²) in [6.45, 7) is 0. The monoisotopic (exact) mass is 305 g/mol. The number of fused-ring (bicyclic) bond motifs is 1. The fourth-order valence-corrected chi connectivity index (χ4v) is 2.30. The van der Waals surface area contributed by atoms with Crippen LogP contribution in [0.2, 0.25) is 0 Å². The van der Waals surface area contributed by atoms with E-state index in [1.165, 1.54) is 0 Å². The van der Waals surface area contributed by atoms with E-state index in [9.17, 15) is 18.0 Å². The van der Waals surface area contributed by atoms with Gasteiger partial charge in [-0.05, 0) is 11.6 Å². The Morgan fingerprint density at radius 1 is 1.14 bits per heavy atom. The number of nitrogens with zero attached hydrogens (tertiary/aromatic N) is 2. The van der Waals surface area contributed by atoms with Crippen molar-refractivity contribution in [3.63, 3.8) is 0 Å². The van der Waals surface area contributed by atoms with Crippen molar-refractivity contribution in [1.29, 1.82) is 0 Å². The first kappa shape index (κ1) is 14.1. The number of benzene rings is 2. The van der Waals surface area contributed by atoms with Gasteiger partial charge in [-0.1, -0.05) is 18.2 Å². The molecule has 1 aliphatic heterocycles. The Balaban J connectivity index is 2.23. The molecule has 0 aromatic heterocycles. The van der Waals surface area contributed by atoms with Crippen LogP contribution in [-0.2, 0) is 11.2 Å². The molecule has 112 valence electrons. The molecule has 0 bridgehead atoms. The van der Waals surface area contributed by atoms with Crippen LogP contribution in [0.5, 0.6) is 0 Å². The third-order valence-electron chi connectivity index (χ3n) is 3.28. The summed E-state index contributed by atoms with van der Waals surface area (Å²) in [5.41, 5.74) is 5.65. The van der Waals surface area contributed by atoms with Gasteiger partial charge in [0, 0.05) is 18.6 Å². The van der Waals surface area contributed by atoms with Crippen LogP contribution in [0, 0.1) is 17.5 Å². The Kier molecular flexibility index (Phi) is 3.32. The van der Waals surface area contributed by atoms with Gasteiger partial charge in [0.2, 0.25) is 0 Å². The van der Waals surface area contributed by atoms with E-state index in [2.05, 4.69) is 5.10 Å². The highest BCUT2D eigenvalue weighted by molar-refractivity contribution is 6.39. The summed E-state index contributed by atoms with van der Waals surface area (Å²) in [6, 6.07) is 7.77. The number of rotatable bonds is 2. The minimum Gasteiger partial charge on any atom is -0.364 e. The molecule has 22 heavy (non-hydrogen) atoms. The Morgan fingerprint density at radius 3 is 2.41 bits per heavy atom. The highest BCUT2D eigenvalue weighted by Crippen LogP contribution is 2.36. The molecule has 1 aliphatic rings. The third-order valence-corrected chi connectivity index (χ3v) is 3.28. The van der Waals surface area contributed by atoms with Crippen molar-refractivity contribution < 1.29 is 18.0 Å². The molecule has 0 aliphatic carbocycles. The lowest BCUT2D eigenvalue weighted by molar-refractivity contribution is -0.112. The van der Waals surface area contributed by atoms with Crippen LogP contribution in [0.25, 0.3) is 0 Å². The van der Waals surface area contributed by atoms with Crippen LogP contribution in [0.3, 0.4) is 0 Å². The molecule has 1 amide bonds. The second kappa shape index (κ2) is 5.18. The Bertz CT molecular complexity index is 781. The maximum Gasteiger partial charge on any atom is 0.265 e. The van der Waals surface area contributed by atoms with E-state index in [4.69, 9.17) is 5.73 Å². The van der Waals surface area contributed by atoms with Gasteiger partial charge in [0.15, 0.2) is 11.6 Å². The van der Waals surface area contributed by atoms with E-state index in [0.29, 0.717) is 23.4 Å². The van der Waals surface area contributed by atoms with E-state index < -0.39 is 29.0 Å². The molecule has 0 saturated carbocycles. The second-order valence-corrected chi connectivity index (χ2v) is 4.75. The molecule has 7 heteroatoms. The van der Waals surface area contributed by atoms with Gasteiger partial charge < -0.3 is 5.73 Å². The van der Waals surface area contributed by atoms with Crippen molar-refractivity contribution in [2.24, 2.45) is 10.8 Å². The highest BCUT2D eigenvalue weighted by atomic mass is 19.1. The van der Waals surface area contributed by atoms with Gasteiger partial charge in [-0.2, -0.15) is 5.10 Å². The number of anilines is 2. The van der Waals surface area contributed by atoms with Crippen molar-refractivity contribution in [2.75, 3.05) is 5.01 Å². The molecule has 0 unspecified atom stereocenters. The predicted octanol–water partition coefficient (Wildman–Crippen LogP) is 2.64. The van der Waals surface area contributed by atoms with Gasteiger partial charge in [-0.15, -0.1) is 0 Å². The van der Waals surface area contributed by atoms with Crippen LogP contribution in [0.4, 0.5) is 24.5 Å². The van der Waals surface area contributed by atoms with Crippen LogP contribution in [0.1, 0.15) is 5.56 Å². The lowest BCUT2D eigenvalue weighted by Crippen LogP contribution is -2.32. The molecule has 1 heterocycles. The second-order valence-electron chi connectivity index (χ2n) is 4.75. The van der Waals surface area contributed by atoms with Crippen LogP contribution in [0.15, 0.2) is 41.5 Å². The van der Waals surface area contributed by atoms with Gasteiger partial charge in [-0.25, -0.2) is 18.2 Å². The number of primary amides is 1. The minimum absolute atomic E-state index is 0.0400. The van der Waals surface area contributed by atoms with Crippen molar-refractivity contribution in [1.82, 2.24) is 0 Å². The highest BCUT2D eigenvalue weighted by Gasteiger charge is 2.27. The summed E-state index contributed by atoms with van der Waals surface area (Å²) in [7, 11) is 0. The average Bonchev–Trinajstić information content (AvgIpc) is 2.45. The zero-order chi connectivity index (χ0) is 15.9. The number of halogens is 3. The number of hydrazone groups is 1. The quantitative estimate of drug-likeness (QED) is 0.927. The van der Waals surface area contributed by atoms with Gasteiger partial charge in [0.25, 0.3) is 5.91 Å². The normalized spacial score (nSPS) is 13.6. The van der Waals surface area contributed by atoms with E-state index >= 15 is 0 Å². The zero-order valence-electron chi connectivity index (χ0n) is 11.2. The number of amides is 1.